The molecule has 16 heavy (non-hydrogen) atoms. The number of aromatic nitrogens is 1. The second-order valence-electron chi connectivity index (χ2n) is 3.07. The predicted octanol–water partition coefficient (Wildman–Crippen LogP) is 5.36. The van der Waals surface area contributed by atoms with Gasteiger partial charge in [-0.15, -0.1) is 0 Å². The molecule has 0 aliphatic rings. The van der Waals surface area contributed by atoms with E-state index in [1.54, 1.807) is 24.4 Å². The lowest BCUT2D eigenvalue weighted by atomic mass is 10.1. The molecular formula is C11H5Cl4N. The summed E-state index contributed by atoms with van der Waals surface area (Å²) in [7, 11) is 0. The van der Waals surface area contributed by atoms with Crippen LogP contribution in [0.4, 0.5) is 0 Å². The van der Waals surface area contributed by atoms with Crippen LogP contribution >= 0.6 is 46.4 Å². The van der Waals surface area contributed by atoms with Gasteiger partial charge in [0.25, 0.3) is 0 Å². The fraction of sp³-hybridized carbons (Fsp3) is 0. The molecule has 1 aromatic heterocycles. The van der Waals surface area contributed by atoms with Gasteiger partial charge in [0, 0.05) is 23.5 Å². The van der Waals surface area contributed by atoms with Crippen molar-refractivity contribution in [2.45, 2.75) is 0 Å². The minimum absolute atomic E-state index is 0.391. The van der Waals surface area contributed by atoms with E-state index in [9.17, 15) is 0 Å². The van der Waals surface area contributed by atoms with Gasteiger partial charge in [-0.2, -0.15) is 0 Å². The molecule has 0 saturated carbocycles. The highest BCUT2D eigenvalue weighted by atomic mass is 35.5. The zero-order chi connectivity index (χ0) is 11.7. The molecule has 0 saturated heterocycles. The Kier molecular flexibility index (Phi) is 3.60. The molecule has 0 aliphatic carbocycles. The Balaban J connectivity index is 2.74. The number of hydrogen-bond acceptors (Lipinski definition) is 1. The van der Waals surface area contributed by atoms with Crippen molar-refractivity contribution in [2.24, 2.45) is 0 Å². The highest BCUT2D eigenvalue weighted by Crippen LogP contribution is 2.41. The minimum atomic E-state index is 0.391. The van der Waals surface area contributed by atoms with E-state index in [0.29, 0.717) is 31.2 Å². The summed E-state index contributed by atoms with van der Waals surface area (Å²) in [5, 5.41) is 1.81. The third-order valence-corrected chi connectivity index (χ3v) is 3.51. The highest BCUT2D eigenvalue weighted by Gasteiger charge is 2.14. The maximum absolute atomic E-state index is 6.11. The summed E-state index contributed by atoms with van der Waals surface area (Å²) in [4.78, 5) is 3.90. The van der Waals surface area contributed by atoms with Crippen molar-refractivity contribution in [3.63, 3.8) is 0 Å². The fourth-order valence-corrected chi connectivity index (χ4v) is 2.30. The number of halogens is 4. The van der Waals surface area contributed by atoms with Crippen LogP contribution in [0, 0.1) is 0 Å². The summed E-state index contributed by atoms with van der Waals surface area (Å²) in [5.74, 6) is 0. The van der Waals surface area contributed by atoms with E-state index in [1.165, 1.54) is 6.20 Å². The van der Waals surface area contributed by atoms with E-state index in [-0.39, 0.29) is 0 Å². The van der Waals surface area contributed by atoms with Gasteiger partial charge < -0.3 is 0 Å². The molecule has 5 heteroatoms. The van der Waals surface area contributed by atoms with Crippen molar-refractivity contribution in [1.82, 2.24) is 4.98 Å². The van der Waals surface area contributed by atoms with E-state index in [0.717, 1.165) is 0 Å². The Morgan fingerprint density at radius 2 is 1.50 bits per heavy atom. The van der Waals surface area contributed by atoms with Crippen LogP contribution in [0.5, 0.6) is 0 Å². The third-order valence-electron chi connectivity index (χ3n) is 2.09. The first kappa shape index (κ1) is 12.0. The molecule has 1 nitrogen and oxygen atoms in total. The van der Waals surface area contributed by atoms with Crippen LogP contribution in [0.25, 0.3) is 11.1 Å². The van der Waals surface area contributed by atoms with E-state index < -0.39 is 0 Å². The summed E-state index contributed by atoms with van der Waals surface area (Å²) in [6.45, 7) is 0. The zero-order valence-corrected chi connectivity index (χ0v) is 10.9. The minimum Gasteiger partial charge on any atom is -0.263 e. The highest BCUT2D eigenvalue weighted by molar-refractivity contribution is 6.46. The molecule has 0 aliphatic heterocycles. The van der Waals surface area contributed by atoms with Gasteiger partial charge in [0.15, 0.2) is 0 Å². The summed E-state index contributed by atoms with van der Waals surface area (Å²) >= 11 is 24.2. The molecule has 0 spiro atoms. The molecule has 2 aromatic rings. The number of pyridine rings is 1. The molecule has 1 aromatic carbocycles. The molecular weight excluding hydrogens is 288 g/mol. The van der Waals surface area contributed by atoms with E-state index in [1.807, 2.05) is 0 Å². The zero-order valence-electron chi connectivity index (χ0n) is 7.85. The van der Waals surface area contributed by atoms with Crippen LogP contribution in [-0.2, 0) is 0 Å². The number of nitrogens with zero attached hydrogens (tertiary/aromatic N) is 1. The number of benzene rings is 1. The lowest BCUT2D eigenvalue weighted by Gasteiger charge is -2.09. The first-order valence-electron chi connectivity index (χ1n) is 4.34. The van der Waals surface area contributed by atoms with E-state index in [2.05, 4.69) is 4.98 Å². The van der Waals surface area contributed by atoms with Gasteiger partial charge in [0.05, 0.1) is 20.1 Å². The van der Waals surface area contributed by atoms with Crippen molar-refractivity contribution >= 4 is 46.4 Å². The van der Waals surface area contributed by atoms with Crippen molar-refractivity contribution in [1.29, 1.82) is 0 Å². The molecule has 0 atom stereocenters. The first-order chi connectivity index (χ1) is 7.61. The first-order valence-corrected chi connectivity index (χ1v) is 5.86. The van der Waals surface area contributed by atoms with Gasteiger partial charge in [-0.3, -0.25) is 4.98 Å². The second kappa shape index (κ2) is 4.80. The van der Waals surface area contributed by atoms with Gasteiger partial charge in [-0.05, 0) is 18.2 Å². The molecule has 0 unspecified atom stereocenters. The molecule has 0 bridgehead atoms. The van der Waals surface area contributed by atoms with Crippen molar-refractivity contribution in [3.05, 3.63) is 50.7 Å². The summed E-state index contributed by atoms with van der Waals surface area (Å²) in [6.07, 6.45) is 3.15. The SMILES string of the molecule is Clc1cnccc1-c1c(Cl)ccc(Cl)c1Cl. The normalized spacial score (nSPS) is 10.5. The maximum atomic E-state index is 6.11. The van der Waals surface area contributed by atoms with Gasteiger partial charge in [0.2, 0.25) is 0 Å². The average molecular weight is 293 g/mol. The van der Waals surface area contributed by atoms with Crippen molar-refractivity contribution in [2.75, 3.05) is 0 Å². The topological polar surface area (TPSA) is 12.9 Å². The lowest BCUT2D eigenvalue weighted by molar-refractivity contribution is 1.33. The predicted molar refractivity (Wildman–Crippen MR) is 69.7 cm³/mol. The standard InChI is InChI=1S/C11H5Cl4N/c12-7-1-2-8(13)11(15)10(7)6-3-4-16-5-9(6)14/h1-5H. The van der Waals surface area contributed by atoms with E-state index in [4.69, 9.17) is 46.4 Å². The van der Waals surface area contributed by atoms with Crippen LogP contribution in [0.1, 0.15) is 0 Å². The molecule has 1 heterocycles. The van der Waals surface area contributed by atoms with Crippen molar-refractivity contribution < 1.29 is 0 Å². The Labute approximate surface area is 113 Å². The van der Waals surface area contributed by atoms with Gasteiger partial charge in [0.1, 0.15) is 0 Å². The van der Waals surface area contributed by atoms with Crippen molar-refractivity contribution in [3.8, 4) is 11.1 Å². The quantitative estimate of drug-likeness (QED) is 0.645. The maximum Gasteiger partial charge on any atom is 0.0686 e. The van der Waals surface area contributed by atoms with Crippen LogP contribution in [0.2, 0.25) is 20.1 Å². The number of rotatable bonds is 1. The molecule has 2 rings (SSSR count). The molecule has 0 fully saturated rings. The van der Waals surface area contributed by atoms with Crippen LogP contribution in [0.3, 0.4) is 0 Å². The Hall–Kier alpha value is -0.470. The fourth-order valence-electron chi connectivity index (χ4n) is 1.35. The summed E-state index contributed by atoms with van der Waals surface area (Å²) in [5.41, 5.74) is 1.34. The second-order valence-corrected chi connectivity index (χ2v) is 4.67. The average Bonchev–Trinajstić information content (AvgIpc) is 2.27. The molecule has 0 radical (unpaired) electrons. The monoisotopic (exact) mass is 291 g/mol. The van der Waals surface area contributed by atoms with Gasteiger partial charge in [-0.25, -0.2) is 0 Å². The van der Waals surface area contributed by atoms with Gasteiger partial charge >= 0.3 is 0 Å². The summed E-state index contributed by atoms with van der Waals surface area (Å²) in [6, 6.07) is 5.07. The molecule has 82 valence electrons. The van der Waals surface area contributed by atoms with Crippen LogP contribution in [0.15, 0.2) is 30.6 Å². The van der Waals surface area contributed by atoms with Crippen LogP contribution < -0.4 is 0 Å². The number of hydrogen-bond donors (Lipinski definition) is 0. The summed E-state index contributed by atoms with van der Waals surface area (Å²) < 4.78 is 0. The molecule has 0 N–H and O–H groups in total. The van der Waals surface area contributed by atoms with Crippen LogP contribution in [-0.4, -0.2) is 4.98 Å². The van der Waals surface area contributed by atoms with E-state index >= 15 is 0 Å². The smallest absolute Gasteiger partial charge is 0.0686 e. The molecule has 0 amide bonds. The third kappa shape index (κ3) is 2.14. The Morgan fingerprint density at radius 3 is 2.19 bits per heavy atom. The largest absolute Gasteiger partial charge is 0.263 e. The Bertz CT molecular complexity index is 540. The Morgan fingerprint density at radius 1 is 0.812 bits per heavy atom. The van der Waals surface area contributed by atoms with Gasteiger partial charge in [-0.1, -0.05) is 46.4 Å². The lowest BCUT2D eigenvalue weighted by Crippen LogP contribution is -1.85.